The van der Waals surface area contributed by atoms with E-state index in [-0.39, 0.29) is 17.8 Å². The highest BCUT2D eigenvalue weighted by Gasteiger charge is 2.12. The molecule has 2 rings (SSSR count). The number of nitrogens with zero attached hydrogens (tertiary/aromatic N) is 1. The summed E-state index contributed by atoms with van der Waals surface area (Å²) in [6.45, 7) is 0.118. The Labute approximate surface area is 121 Å². The molecule has 0 saturated heterocycles. The van der Waals surface area contributed by atoms with Gasteiger partial charge in [-0.15, -0.1) is 0 Å². The van der Waals surface area contributed by atoms with Gasteiger partial charge in [-0.2, -0.15) is 5.26 Å². The van der Waals surface area contributed by atoms with Crippen LogP contribution in [0.4, 0.5) is 10.1 Å². The van der Waals surface area contributed by atoms with Crippen molar-refractivity contribution in [1.82, 2.24) is 0 Å². The van der Waals surface area contributed by atoms with Crippen LogP contribution >= 0.6 is 11.6 Å². The van der Waals surface area contributed by atoms with Crippen molar-refractivity contribution in [1.29, 1.82) is 5.26 Å². The molecule has 3 nitrogen and oxygen atoms in total. The fourth-order valence-electron chi connectivity index (χ4n) is 1.79. The average molecular weight is 291 g/mol. The van der Waals surface area contributed by atoms with Crippen molar-refractivity contribution in [3.8, 4) is 6.07 Å². The summed E-state index contributed by atoms with van der Waals surface area (Å²) in [4.78, 5) is 0. The Hall–Kier alpha value is -2.09. The summed E-state index contributed by atoms with van der Waals surface area (Å²) in [5.74, 6) is -0.532. The van der Waals surface area contributed by atoms with Gasteiger partial charge >= 0.3 is 0 Å². The minimum Gasteiger partial charge on any atom is -0.387 e. The summed E-state index contributed by atoms with van der Waals surface area (Å²) in [6.07, 6.45) is -0.848. The Bertz CT molecular complexity index is 655. The molecule has 0 bridgehead atoms. The molecule has 2 N–H and O–H groups in total. The Morgan fingerprint density at radius 3 is 2.70 bits per heavy atom. The largest absolute Gasteiger partial charge is 0.387 e. The van der Waals surface area contributed by atoms with E-state index in [0.717, 1.165) is 6.07 Å². The third kappa shape index (κ3) is 3.27. The Morgan fingerprint density at radius 1 is 1.30 bits per heavy atom. The molecule has 0 heterocycles. The molecule has 0 spiro atoms. The molecule has 0 saturated carbocycles. The van der Waals surface area contributed by atoms with E-state index in [1.54, 1.807) is 24.3 Å². The smallest absolute Gasteiger partial charge is 0.147 e. The summed E-state index contributed by atoms with van der Waals surface area (Å²) < 4.78 is 13.6. The number of aliphatic hydroxyl groups excluding tert-OH is 1. The molecule has 0 aliphatic heterocycles. The number of rotatable bonds is 4. The van der Waals surface area contributed by atoms with Crippen LogP contribution in [0, 0.1) is 17.1 Å². The van der Waals surface area contributed by atoms with Crippen molar-refractivity contribution >= 4 is 17.3 Å². The summed E-state index contributed by atoms with van der Waals surface area (Å²) >= 11 is 5.97. The van der Waals surface area contributed by atoms with Gasteiger partial charge < -0.3 is 10.4 Å². The third-order valence-corrected chi connectivity index (χ3v) is 3.19. The second-order valence-corrected chi connectivity index (χ2v) is 4.63. The van der Waals surface area contributed by atoms with Crippen LogP contribution in [0.3, 0.4) is 0 Å². The second-order valence-electron chi connectivity index (χ2n) is 4.22. The Kier molecular flexibility index (Phi) is 4.57. The lowest BCUT2D eigenvalue weighted by Gasteiger charge is -2.14. The van der Waals surface area contributed by atoms with Gasteiger partial charge in [0, 0.05) is 17.1 Å². The SMILES string of the molecule is N#Cc1ccc(NCC(O)c2ccccc2Cl)c(F)c1. The maximum Gasteiger partial charge on any atom is 0.147 e. The van der Waals surface area contributed by atoms with Gasteiger partial charge in [0.05, 0.1) is 23.4 Å². The lowest BCUT2D eigenvalue weighted by molar-refractivity contribution is 0.191. The fraction of sp³-hybridized carbons (Fsp3) is 0.133. The lowest BCUT2D eigenvalue weighted by Crippen LogP contribution is -2.13. The van der Waals surface area contributed by atoms with E-state index in [9.17, 15) is 9.50 Å². The monoisotopic (exact) mass is 290 g/mol. The van der Waals surface area contributed by atoms with E-state index in [4.69, 9.17) is 16.9 Å². The molecule has 102 valence electrons. The molecule has 0 fully saturated rings. The predicted molar refractivity (Wildman–Crippen MR) is 76.0 cm³/mol. The van der Waals surface area contributed by atoms with Crippen molar-refractivity contribution < 1.29 is 9.50 Å². The van der Waals surface area contributed by atoms with Gasteiger partial charge in [-0.05, 0) is 24.3 Å². The first-order chi connectivity index (χ1) is 9.61. The van der Waals surface area contributed by atoms with Gasteiger partial charge in [0.2, 0.25) is 0 Å². The summed E-state index contributed by atoms with van der Waals surface area (Å²) in [6, 6.07) is 12.9. The van der Waals surface area contributed by atoms with Gasteiger partial charge in [-0.25, -0.2) is 4.39 Å². The number of nitrogens with one attached hydrogen (secondary N) is 1. The molecule has 0 amide bonds. The van der Waals surface area contributed by atoms with Crippen LogP contribution in [0.2, 0.25) is 5.02 Å². The lowest BCUT2D eigenvalue weighted by atomic mass is 10.1. The van der Waals surface area contributed by atoms with Crippen LogP contribution in [0.25, 0.3) is 0 Å². The van der Waals surface area contributed by atoms with Crippen molar-refractivity contribution in [2.45, 2.75) is 6.10 Å². The highest BCUT2D eigenvalue weighted by Crippen LogP contribution is 2.23. The topological polar surface area (TPSA) is 56.0 Å². The zero-order valence-electron chi connectivity index (χ0n) is 10.5. The number of halogens is 2. The van der Waals surface area contributed by atoms with Crippen LogP contribution in [-0.2, 0) is 0 Å². The maximum absolute atomic E-state index is 13.6. The molecule has 20 heavy (non-hydrogen) atoms. The zero-order valence-corrected chi connectivity index (χ0v) is 11.2. The highest BCUT2D eigenvalue weighted by atomic mass is 35.5. The number of nitriles is 1. The molecule has 1 unspecified atom stereocenters. The predicted octanol–water partition coefficient (Wildman–Crippen LogP) is 3.50. The van der Waals surface area contributed by atoms with E-state index in [0.29, 0.717) is 10.6 Å². The summed E-state index contributed by atoms with van der Waals surface area (Å²) in [7, 11) is 0. The molecule has 5 heteroatoms. The molecule has 1 atom stereocenters. The third-order valence-electron chi connectivity index (χ3n) is 2.85. The van der Waals surface area contributed by atoms with Gasteiger partial charge in [0.15, 0.2) is 0 Å². The van der Waals surface area contributed by atoms with Crippen molar-refractivity contribution in [2.24, 2.45) is 0 Å². The second kappa shape index (κ2) is 6.38. The molecule has 2 aromatic carbocycles. The number of benzene rings is 2. The van der Waals surface area contributed by atoms with Crippen LogP contribution in [-0.4, -0.2) is 11.7 Å². The normalized spacial score (nSPS) is 11.7. The van der Waals surface area contributed by atoms with Gasteiger partial charge in [0.25, 0.3) is 0 Å². The van der Waals surface area contributed by atoms with Gasteiger partial charge in [-0.1, -0.05) is 29.8 Å². The molecule has 0 aliphatic carbocycles. The summed E-state index contributed by atoms with van der Waals surface area (Å²) in [5, 5.41) is 21.9. The molecule has 0 aliphatic rings. The zero-order chi connectivity index (χ0) is 14.5. The summed E-state index contributed by atoms with van der Waals surface area (Å²) in [5.41, 5.74) is 1.06. The van der Waals surface area contributed by atoms with Gasteiger partial charge in [-0.3, -0.25) is 0 Å². The average Bonchev–Trinajstić information content (AvgIpc) is 2.46. The molecule has 0 radical (unpaired) electrons. The molecule has 2 aromatic rings. The number of aliphatic hydroxyl groups is 1. The van der Waals surface area contributed by atoms with Crippen molar-refractivity contribution in [3.05, 3.63) is 64.4 Å². The first-order valence-corrected chi connectivity index (χ1v) is 6.35. The van der Waals surface area contributed by atoms with Crippen LogP contribution in [0.15, 0.2) is 42.5 Å². The molecular formula is C15H12ClFN2O. The minimum atomic E-state index is -0.848. The van der Waals surface area contributed by atoms with E-state index in [1.807, 2.05) is 6.07 Å². The van der Waals surface area contributed by atoms with Gasteiger partial charge in [0.1, 0.15) is 5.82 Å². The van der Waals surface area contributed by atoms with Crippen LogP contribution in [0.1, 0.15) is 17.2 Å². The van der Waals surface area contributed by atoms with Crippen LogP contribution in [0.5, 0.6) is 0 Å². The quantitative estimate of drug-likeness (QED) is 0.906. The first kappa shape index (κ1) is 14.3. The number of hydrogen-bond acceptors (Lipinski definition) is 3. The van der Waals surface area contributed by atoms with Crippen molar-refractivity contribution in [3.63, 3.8) is 0 Å². The Morgan fingerprint density at radius 2 is 2.05 bits per heavy atom. The number of anilines is 1. The first-order valence-electron chi connectivity index (χ1n) is 5.98. The standard InChI is InChI=1S/C15H12ClFN2O/c16-12-4-2-1-3-11(12)15(20)9-19-14-6-5-10(8-18)7-13(14)17/h1-7,15,19-20H,9H2. The van der Waals surface area contributed by atoms with Crippen LogP contribution < -0.4 is 5.32 Å². The van der Waals surface area contributed by atoms with E-state index in [1.165, 1.54) is 12.1 Å². The van der Waals surface area contributed by atoms with E-state index in [2.05, 4.69) is 5.32 Å². The Balaban J connectivity index is 2.06. The molecule has 0 aromatic heterocycles. The van der Waals surface area contributed by atoms with Crippen molar-refractivity contribution in [2.75, 3.05) is 11.9 Å². The number of hydrogen-bond donors (Lipinski definition) is 2. The highest BCUT2D eigenvalue weighted by molar-refractivity contribution is 6.31. The van der Waals surface area contributed by atoms with E-state index >= 15 is 0 Å². The van der Waals surface area contributed by atoms with E-state index < -0.39 is 11.9 Å². The molecular weight excluding hydrogens is 279 g/mol. The fourth-order valence-corrected chi connectivity index (χ4v) is 2.05. The minimum absolute atomic E-state index is 0.118. The maximum atomic E-state index is 13.6.